The van der Waals surface area contributed by atoms with Crippen LogP contribution in [0.4, 0.5) is 29.3 Å². The average Bonchev–Trinajstić information content (AvgIpc) is 3.12. The van der Waals surface area contributed by atoms with Crippen molar-refractivity contribution in [3.63, 3.8) is 0 Å². The highest BCUT2D eigenvalue weighted by Gasteiger charge is 2.33. The molecule has 0 spiro atoms. The third kappa shape index (κ3) is 4.57. The second kappa shape index (κ2) is 8.35. The SMILES string of the molecule is Cn1cnc2c(Oc3ccc(NC(=O)Nc4ccc(Cl)c(C(F)(F)F)c4)cc3)ncnc21. The van der Waals surface area contributed by atoms with Gasteiger partial charge in [-0.2, -0.15) is 18.2 Å². The average molecular weight is 463 g/mol. The fourth-order valence-electron chi connectivity index (χ4n) is 2.83. The number of halogens is 4. The number of nitrogens with zero attached hydrogens (tertiary/aromatic N) is 4. The van der Waals surface area contributed by atoms with E-state index in [1.165, 1.54) is 12.4 Å². The Hall–Kier alpha value is -3.86. The maximum Gasteiger partial charge on any atom is 0.417 e. The lowest BCUT2D eigenvalue weighted by Gasteiger charge is -2.12. The molecule has 4 aromatic rings. The lowest BCUT2D eigenvalue weighted by Crippen LogP contribution is -2.19. The van der Waals surface area contributed by atoms with Crippen molar-refractivity contribution in [1.82, 2.24) is 19.5 Å². The smallest absolute Gasteiger partial charge is 0.417 e. The zero-order valence-electron chi connectivity index (χ0n) is 16.3. The Morgan fingerprint density at radius 3 is 2.44 bits per heavy atom. The van der Waals surface area contributed by atoms with Crippen LogP contribution in [0.2, 0.25) is 5.02 Å². The van der Waals surface area contributed by atoms with Crippen LogP contribution >= 0.6 is 11.6 Å². The van der Waals surface area contributed by atoms with E-state index in [4.69, 9.17) is 16.3 Å². The number of nitrogens with one attached hydrogen (secondary N) is 2. The molecule has 0 aliphatic heterocycles. The first-order valence-electron chi connectivity index (χ1n) is 9.05. The number of aryl methyl sites for hydroxylation is 1. The van der Waals surface area contributed by atoms with Gasteiger partial charge in [-0.25, -0.2) is 14.8 Å². The van der Waals surface area contributed by atoms with Crippen molar-refractivity contribution in [2.45, 2.75) is 6.18 Å². The van der Waals surface area contributed by atoms with Gasteiger partial charge in [-0.15, -0.1) is 0 Å². The number of aromatic nitrogens is 4. The molecule has 2 heterocycles. The predicted molar refractivity (Wildman–Crippen MR) is 112 cm³/mol. The summed E-state index contributed by atoms with van der Waals surface area (Å²) in [5.41, 5.74) is 0.414. The summed E-state index contributed by atoms with van der Waals surface area (Å²) < 4.78 is 46.3. The number of imidazole rings is 1. The van der Waals surface area contributed by atoms with Crippen molar-refractivity contribution in [2.75, 3.05) is 10.6 Å². The van der Waals surface area contributed by atoms with Crippen LogP contribution in [0.1, 0.15) is 5.56 Å². The molecule has 0 fully saturated rings. The van der Waals surface area contributed by atoms with Crippen LogP contribution in [-0.4, -0.2) is 25.6 Å². The molecule has 12 heteroatoms. The fourth-order valence-corrected chi connectivity index (χ4v) is 3.06. The number of fused-ring (bicyclic) bond motifs is 1. The van der Waals surface area contributed by atoms with E-state index in [0.717, 1.165) is 12.1 Å². The first kappa shape index (κ1) is 21.4. The molecule has 0 saturated heterocycles. The van der Waals surface area contributed by atoms with Gasteiger partial charge in [0.1, 0.15) is 12.1 Å². The lowest BCUT2D eigenvalue weighted by atomic mass is 10.2. The zero-order chi connectivity index (χ0) is 22.9. The summed E-state index contributed by atoms with van der Waals surface area (Å²) in [6.45, 7) is 0. The minimum Gasteiger partial charge on any atom is -0.437 e. The number of anilines is 2. The van der Waals surface area contributed by atoms with Gasteiger partial charge in [0.25, 0.3) is 5.88 Å². The first-order valence-corrected chi connectivity index (χ1v) is 9.43. The zero-order valence-corrected chi connectivity index (χ0v) is 17.1. The summed E-state index contributed by atoms with van der Waals surface area (Å²) in [6, 6.07) is 8.70. The van der Waals surface area contributed by atoms with E-state index < -0.39 is 22.8 Å². The van der Waals surface area contributed by atoms with E-state index in [0.29, 0.717) is 22.6 Å². The Balaban J connectivity index is 1.42. The number of hydrogen-bond donors (Lipinski definition) is 2. The Morgan fingerprint density at radius 1 is 1.03 bits per heavy atom. The van der Waals surface area contributed by atoms with Crippen molar-refractivity contribution < 1.29 is 22.7 Å². The highest BCUT2D eigenvalue weighted by atomic mass is 35.5. The van der Waals surface area contributed by atoms with Crippen molar-refractivity contribution >= 4 is 40.2 Å². The molecular formula is C20H14ClF3N6O2. The molecule has 0 unspecified atom stereocenters. The van der Waals surface area contributed by atoms with Gasteiger partial charge in [0.05, 0.1) is 16.9 Å². The molecule has 2 N–H and O–H groups in total. The number of carbonyl (C=O) groups excluding carboxylic acids is 1. The molecule has 2 amide bonds. The number of ether oxygens (including phenoxy) is 1. The summed E-state index contributed by atoms with van der Waals surface area (Å²) in [4.78, 5) is 24.6. The van der Waals surface area contributed by atoms with Crippen LogP contribution in [0.5, 0.6) is 11.6 Å². The summed E-state index contributed by atoms with van der Waals surface area (Å²) >= 11 is 5.58. The highest BCUT2D eigenvalue weighted by Crippen LogP contribution is 2.36. The third-order valence-electron chi connectivity index (χ3n) is 4.32. The molecule has 0 radical (unpaired) electrons. The highest BCUT2D eigenvalue weighted by molar-refractivity contribution is 6.31. The normalized spacial score (nSPS) is 11.4. The van der Waals surface area contributed by atoms with Gasteiger partial charge >= 0.3 is 12.2 Å². The van der Waals surface area contributed by atoms with Gasteiger partial charge in [-0.1, -0.05) is 11.6 Å². The molecule has 0 atom stereocenters. The molecule has 2 aromatic heterocycles. The number of carbonyl (C=O) groups is 1. The Labute approximate surface area is 184 Å². The van der Waals surface area contributed by atoms with E-state index in [1.807, 2.05) is 0 Å². The van der Waals surface area contributed by atoms with Gasteiger partial charge < -0.3 is 19.9 Å². The molecule has 0 saturated carbocycles. The van der Waals surface area contributed by atoms with Gasteiger partial charge in [0.15, 0.2) is 11.2 Å². The standard InChI is InChI=1S/C20H14ClF3N6O2/c1-30-10-27-16-17(30)25-9-26-18(16)32-13-5-2-11(3-6-13)28-19(31)29-12-4-7-15(21)14(8-12)20(22,23)24/h2-10H,1H3,(H2,28,29,31). The molecule has 0 aliphatic carbocycles. The second-order valence-corrected chi connectivity index (χ2v) is 7.01. The summed E-state index contributed by atoms with van der Waals surface area (Å²) in [6.07, 6.45) is -1.68. The monoisotopic (exact) mass is 462 g/mol. The minimum atomic E-state index is -4.63. The first-order chi connectivity index (χ1) is 15.2. The lowest BCUT2D eigenvalue weighted by molar-refractivity contribution is -0.137. The van der Waals surface area contributed by atoms with Crippen LogP contribution in [0.15, 0.2) is 55.1 Å². The number of hydrogen-bond acceptors (Lipinski definition) is 5. The molecule has 8 nitrogen and oxygen atoms in total. The number of amides is 2. The molecule has 4 rings (SSSR count). The van der Waals surface area contributed by atoms with Crippen molar-refractivity contribution in [3.8, 4) is 11.6 Å². The van der Waals surface area contributed by atoms with Crippen LogP contribution in [0, 0.1) is 0 Å². The maximum atomic E-state index is 13.0. The van der Waals surface area contributed by atoms with E-state index in [-0.39, 0.29) is 11.6 Å². The van der Waals surface area contributed by atoms with Gasteiger partial charge in [0, 0.05) is 18.4 Å². The molecule has 2 aromatic carbocycles. The van der Waals surface area contributed by atoms with E-state index >= 15 is 0 Å². The van der Waals surface area contributed by atoms with Gasteiger partial charge in [-0.05, 0) is 42.5 Å². The van der Waals surface area contributed by atoms with Crippen molar-refractivity contribution in [3.05, 3.63) is 65.7 Å². The van der Waals surface area contributed by atoms with Gasteiger partial charge in [-0.3, -0.25) is 0 Å². The quantitative estimate of drug-likeness (QED) is 0.419. The Kier molecular flexibility index (Phi) is 5.57. The molecule has 32 heavy (non-hydrogen) atoms. The number of benzene rings is 2. The summed E-state index contributed by atoms with van der Waals surface area (Å²) in [5.74, 6) is 0.714. The van der Waals surface area contributed by atoms with Crippen molar-refractivity contribution in [2.24, 2.45) is 7.05 Å². The van der Waals surface area contributed by atoms with E-state index in [2.05, 4.69) is 25.6 Å². The Bertz CT molecular complexity index is 1290. The van der Waals surface area contributed by atoms with Gasteiger partial charge in [0.2, 0.25) is 0 Å². The molecular weight excluding hydrogens is 449 g/mol. The van der Waals surface area contributed by atoms with E-state index in [1.54, 1.807) is 42.2 Å². The molecule has 0 aliphatic rings. The summed E-state index contributed by atoms with van der Waals surface area (Å²) in [5, 5.41) is 4.41. The number of rotatable bonds is 4. The van der Waals surface area contributed by atoms with E-state index in [9.17, 15) is 18.0 Å². The number of urea groups is 1. The second-order valence-electron chi connectivity index (χ2n) is 6.60. The maximum absolute atomic E-state index is 13.0. The summed E-state index contributed by atoms with van der Waals surface area (Å²) in [7, 11) is 1.80. The predicted octanol–water partition coefficient (Wildman–Crippen LogP) is 5.47. The third-order valence-corrected chi connectivity index (χ3v) is 4.65. The minimum absolute atomic E-state index is 0.0534. The fraction of sp³-hybridized carbons (Fsp3) is 0.100. The number of alkyl halides is 3. The molecule has 0 bridgehead atoms. The van der Waals surface area contributed by atoms with Crippen LogP contribution in [0.25, 0.3) is 11.2 Å². The Morgan fingerprint density at radius 2 is 1.72 bits per heavy atom. The van der Waals surface area contributed by atoms with Crippen LogP contribution in [-0.2, 0) is 13.2 Å². The van der Waals surface area contributed by atoms with Crippen LogP contribution in [0.3, 0.4) is 0 Å². The van der Waals surface area contributed by atoms with Crippen LogP contribution < -0.4 is 15.4 Å². The molecule has 164 valence electrons. The largest absolute Gasteiger partial charge is 0.437 e. The topological polar surface area (TPSA) is 94.0 Å². The van der Waals surface area contributed by atoms with Crippen molar-refractivity contribution in [1.29, 1.82) is 0 Å².